The highest BCUT2D eigenvalue weighted by atomic mass is 127. The second-order valence-corrected chi connectivity index (χ2v) is 21.4. The Labute approximate surface area is 635 Å². The van der Waals surface area contributed by atoms with E-state index in [0.29, 0.717) is 86.1 Å². The van der Waals surface area contributed by atoms with Crippen LogP contribution in [0.5, 0.6) is 46.0 Å². The lowest BCUT2D eigenvalue weighted by Gasteiger charge is -2.08. The second kappa shape index (κ2) is 46.3. The van der Waals surface area contributed by atoms with Crippen molar-refractivity contribution in [2.45, 2.75) is 13.8 Å². The van der Waals surface area contributed by atoms with Gasteiger partial charge in [0.15, 0.2) is 57.6 Å². The van der Waals surface area contributed by atoms with Crippen molar-refractivity contribution in [3.8, 4) is 46.0 Å². The Kier molecular flexibility index (Phi) is 38.8. The first kappa shape index (κ1) is 89.7. The summed E-state index contributed by atoms with van der Waals surface area (Å²) in [6, 6.07) is 45.5. The summed E-state index contributed by atoms with van der Waals surface area (Å²) in [5.41, 5.74) is 11.7. The van der Waals surface area contributed by atoms with Crippen LogP contribution in [0.3, 0.4) is 0 Å². The number of carbonyl (C=O) groups excluding carboxylic acids is 8. The lowest BCUT2D eigenvalue weighted by Crippen LogP contribution is -2.10. The van der Waals surface area contributed by atoms with E-state index in [4.69, 9.17) is 56.0 Å². The number of Topliss-reactive ketones (excluding diaryl/α,β-unsaturated/α-hetero) is 2. The summed E-state index contributed by atoms with van der Waals surface area (Å²) in [6.07, 6.45) is 12.7. The van der Waals surface area contributed by atoms with Crippen molar-refractivity contribution < 1.29 is 112 Å². The molecule has 11 N–H and O–H groups in total. The summed E-state index contributed by atoms with van der Waals surface area (Å²) >= 11 is 5.18. The average molecular weight is 1600 g/mol. The van der Waals surface area contributed by atoms with Crippen LogP contribution in [0.2, 0.25) is 0 Å². The van der Waals surface area contributed by atoms with E-state index in [2.05, 4.69) is 16.0 Å². The highest BCUT2D eigenvalue weighted by molar-refractivity contribution is 14.0. The maximum Gasteiger partial charge on any atom is 0.376 e. The number of hydrogen-bond acceptors (Lipinski definition) is 21. The number of rotatable bonds is 25. The Morgan fingerprint density at radius 2 is 0.673 bits per heavy atom. The molecular formula is C78H75ClFIN4O22. The van der Waals surface area contributed by atoms with Gasteiger partial charge in [-0.3, -0.25) is 43.1 Å². The number of carbonyl (C=O) groups is 10. The van der Waals surface area contributed by atoms with Crippen LogP contribution in [0.25, 0.3) is 35.8 Å². The molecule has 8 rings (SSSR count). The lowest BCUT2D eigenvalue weighted by atomic mass is 10.1. The van der Waals surface area contributed by atoms with E-state index in [9.17, 15) is 68.4 Å². The maximum atomic E-state index is 12.1. The second-order valence-electron chi connectivity index (χ2n) is 21.1. The average Bonchev–Trinajstić information content (AvgIpc) is 0.881. The van der Waals surface area contributed by atoms with Crippen molar-refractivity contribution >= 4 is 152 Å². The van der Waals surface area contributed by atoms with Crippen LogP contribution in [0.15, 0.2) is 206 Å². The van der Waals surface area contributed by atoms with Gasteiger partial charge in [0.25, 0.3) is 11.6 Å². The van der Waals surface area contributed by atoms with E-state index >= 15 is 0 Å². The number of amides is 3. The van der Waals surface area contributed by atoms with Crippen molar-refractivity contribution in [1.29, 1.82) is 0 Å². The first-order chi connectivity index (χ1) is 50.0. The van der Waals surface area contributed by atoms with Gasteiger partial charge in [-0.15, -0.1) is 24.0 Å². The number of carboxylic acid groups (broad SMARTS) is 2. The first-order valence-electron chi connectivity index (χ1n) is 30.6. The van der Waals surface area contributed by atoms with Gasteiger partial charge in [-0.2, -0.15) is 0 Å². The molecule has 0 fully saturated rings. The molecule has 0 aliphatic heterocycles. The zero-order valence-corrected chi connectivity index (χ0v) is 61.5. The van der Waals surface area contributed by atoms with Gasteiger partial charge in [-0.25, -0.2) is 9.59 Å². The Balaban J connectivity index is 0.000000469. The van der Waals surface area contributed by atoms with Gasteiger partial charge < -0.3 is 80.7 Å². The molecule has 0 atom stereocenters. The number of aliphatic hydroxyl groups is 2. The minimum Gasteiger partial charge on any atom is -0.507 e. The summed E-state index contributed by atoms with van der Waals surface area (Å²) in [5, 5.41) is 62.8. The maximum absolute atomic E-state index is 12.1. The number of methoxy groups -OCH3 is 6. The van der Waals surface area contributed by atoms with Crippen LogP contribution in [0.1, 0.15) is 67.9 Å². The molecule has 26 nitrogen and oxygen atoms in total. The third-order valence-corrected chi connectivity index (χ3v) is 13.7. The van der Waals surface area contributed by atoms with Crippen LogP contribution >= 0.6 is 35.6 Å². The number of carboxylic acids is 2. The molecule has 0 aliphatic carbocycles. The Hall–Kier alpha value is -13.4. The zero-order chi connectivity index (χ0) is 77.7. The van der Waals surface area contributed by atoms with Gasteiger partial charge in [0.1, 0.15) is 11.5 Å². The Bertz CT molecular complexity index is 4680. The fourth-order valence-electron chi connectivity index (χ4n) is 8.37. The molecule has 107 heavy (non-hydrogen) atoms. The number of halogens is 3. The summed E-state index contributed by atoms with van der Waals surface area (Å²) in [6.45, 7) is 3.01. The standard InChI is InChI=1S/C21H19NO7.C19H15NO7.C19H19NO4.C11H11ClO3.C8H9NO.FH.HI/c1-28-18-8-6-13(10-19(18)29-2)7-9-20(25)22-15-5-3-4-14(11-15)16(23)12-17(24)21(26)27;21-14-6-4-11(8-16(14)23)5-7-18(25)20-13-3-1-2-12(9-13)15(22)10-17(24)19(26)27;1-13(21)15-5-4-6-16(12-15)20-19(22)10-8-14-7-9-17(23-2)18(11-14)24-3;1-14-9-5-3-8(4-6-11(12)13)7-10(9)15-2;1-6(10)7-3-2-4-8(9)5-7;;/h3-12,23H,1-2H3,(H,22,25)(H,26,27);1-10,21-23H,(H,20,25)(H,26,27);4-12H,1-3H3,(H,20,22);3-7H,1-2H3;2-5H,9H2,1H3;2*1H/b9-7+,16-12?;7-5+,15-10?;10-8+;6-4+;;;. The molecule has 0 saturated heterocycles. The number of nitrogens with one attached hydrogen (secondary N) is 3. The van der Waals surface area contributed by atoms with Gasteiger partial charge in [0, 0.05) is 75.4 Å². The molecule has 8 aromatic rings. The van der Waals surface area contributed by atoms with Crippen molar-refractivity contribution in [3.05, 3.63) is 251 Å². The SMILES string of the molecule is CC(=O)c1cccc(N)c1.COc1ccc(/C=C/C(=O)Cl)cc1OC.COc1ccc(/C=C/C(=O)Nc2cccc(C(C)=O)c2)cc1OC.COc1ccc(/C=C/C(=O)Nc2cccc(C(O)=CC(=O)C(=O)O)c2)cc1OC.F.I.O=C(/C=C/c1ccc(O)c(O)c1)Nc1cccc(C(O)=CC(=O)C(=O)O)c1. The predicted octanol–water partition coefficient (Wildman–Crippen LogP) is 13.5. The lowest BCUT2D eigenvalue weighted by molar-refractivity contribution is -0.146. The molecule has 0 aromatic heterocycles. The van der Waals surface area contributed by atoms with Gasteiger partial charge in [-0.05, 0) is 169 Å². The fraction of sp³-hybridized carbons (Fsp3) is 0.103. The van der Waals surface area contributed by atoms with E-state index in [0.717, 1.165) is 16.7 Å². The van der Waals surface area contributed by atoms with E-state index in [1.165, 1.54) is 119 Å². The monoisotopic (exact) mass is 1600 g/mol. The smallest absolute Gasteiger partial charge is 0.376 e. The molecule has 3 amide bonds. The normalized spacial score (nSPS) is 10.6. The highest BCUT2D eigenvalue weighted by Gasteiger charge is 2.14. The largest absolute Gasteiger partial charge is 0.507 e. The molecule has 8 aromatic carbocycles. The highest BCUT2D eigenvalue weighted by Crippen LogP contribution is 2.31. The van der Waals surface area contributed by atoms with Crippen molar-refractivity contribution in [1.82, 2.24) is 0 Å². The van der Waals surface area contributed by atoms with E-state index < -0.39 is 52.1 Å². The van der Waals surface area contributed by atoms with Crippen LogP contribution in [-0.2, 0) is 38.4 Å². The quantitative estimate of drug-likeness (QED) is 0.00371. The minimum absolute atomic E-state index is 0. The number of ether oxygens (including phenoxy) is 6. The number of aromatic hydroxyl groups is 2. The molecule has 0 spiro atoms. The molecular weight excluding hydrogens is 1530 g/mol. The Morgan fingerprint density at radius 3 is 0.972 bits per heavy atom. The summed E-state index contributed by atoms with van der Waals surface area (Å²) in [7, 11) is 9.28. The summed E-state index contributed by atoms with van der Waals surface area (Å²) in [5.74, 6) is -5.22. The van der Waals surface area contributed by atoms with Crippen LogP contribution < -0.4 is 50.1 Å². The number of benzene rings is 8. The molecule has 560 valence electrons. The van der Waals surface area contributed by atoms with Gasteiger partial charge in [-0.1, -0.05) is 78.9 Å². The van der Waals surface area contributed by atoms with Gasteiger partial charge >= 0.3 is 11.9 Å². The third-order valence-electron chi connectivity index (χ3n) is 13.5. The summed E-state index contributed by atoms with van der Waals surface area (Å²) < 4.78 is 30.9. The van der Waals surface area contributed by atoms with Crippen molar-refractivity contribution in [3.63, 3.8) is 0 Å². The van der Waals surface area contributed by atoms with Gasteiger partial charge in [0.05, 0.1) is 42.7 Å². The van der Waals surface area contributed by atoms with E-state index in [1.807, 2.05) is 6.07 Å². The molecule has 0 saturated carbocycles. The predicted molar refractivity (Wildman–Crippen MR) is 416 cm³/mol. The Morgan fingerprint density at radius 1 is 0.374 bits per heavy atom. The minimum atomic E-state index is -1.70. The first-order valence-corrected chi connectivity index (χ1v) is 30.9. The van der Waals surface area contributed by atoms with E-state index in [1.54, 1.807) is 150 Å². The molecule has 29 heteroatoms. The zero-order valence-electron chi connectivity index (χ0n) is 58.4. The molecule has 0 unspecified atom stereocenters. The topological polar surface area (TPSA) is 410 Å². The number of anilines is 4. The number of nitrogens with two attached hydrogens (primary N) is 1. The van der Waals surface area contributed by atoms with E-state index in [-0.39, 0.29) is 68.8 Å². The van der Waals surface area contributed by atoms with Gasteiger partial charge in [0.2, 0.25) is 23.0 Å². The van der Waals surface area contributed by atoms with Crippen LogP contribution in [0.4, 0.5) is 27.5 Å². The number of ketones is 4. The number of allylic oxidation sites excluding steroid dienone is 1. The number of hydrogen-bond donors (Lipinski definition) is 10. The number of phenols is 2. The third kappa shape index (κ3) is 31.8. The summed E-state index contributed by atoms with van der Waals surface area (Å²) in [4.78, 5) is 112. The molecule has 0 radical (unpaired) electrons. The molecule has 0 aliphatic rings. The molecule has 0 heterocycles. The number of aliphatic hydroxyl groups excluding tert-OH is 2. The van der Waals surface area contributed by atoms with Crippen molar-refractivity contribution in [2.24, 2.45) is 0 Å². The molecule has 0 bridgehead atoms. The van der Waals surface area contributed by atoms with Crippen LogP contribution in [-0.4, -0.2) is 131 Å². The van der Waals surface area contributed by atoms with Crippen molar-refractivity contribution in [2.75, 3.05) is 64.3 Å². The number of aliphatic carboxylic acids is 2. The number of nitrogen functional groups attached to an aromatic ring is 1. The van der Waals surface area contributed by atoms with Crippen LogP contribution in [0, 0.1) is 0 Å². The number of phenolic OH excluding ortho intramolecular Hbond substituents is 2. The fourth-order valence-corrected chi connectivity index (χ4v) is 8.43.